The van der Waals surface area contributed by atoms with Crippen LogP contribution in [0.2, 0.25) is 0 Å². The average molecular weight is 226 g/mol. The summed E-state index contributed by atoms with van der Waals surface area (Å²) in [5.74, 6) is 1.49. The minimum absolute atomic E-state index is 0.0442. The molecule has 0 spiro atoms. The van der Waals surface area contributed by atoms with Gasteiger partial charge in [-0.15, -0.1) is 0 Å². The quantitative estimate of drug-likeness (QED) is 0.752. The Balaban J connectivity index is 2.30. The Morgan fingerprint density at radius 2 is 2.25 bits per heavy atom. The van der Waals surface area contributed by atoms with Gasteiger partial charge in [-0.2, -0.15) is 0 Å². The molecule has 3 heteroatoms. The minimum Gasteiger partial charge on any atom is -0.354 e. The molecule has 1 aliphatic rings. The summed E-state index contributed by atoms with van der Waals surface area (Å²) in [5, 5.41) is 6.36. The van der Waals surface area contributed by atoms with E-state index < -0.39 is 0 Å². The van der Waals surface area contributed by atoms with Gasteiger partial charge in [-0.05, 0) is 31.2 Å². The number of piperidine rings is 1. The van der Waals surface area contributed by atoms with Crippen molar-refractivity contribution < 1.29 is 4.79 Å². The van der Waals surface area contributed by atoms with Crippen LogP contribution in [0.4, 0.5) is 0 Å². The fourth-order valence-corrected chi connectivity index (χ4v) is 2.11. The van der Waals surface area contributed by atoms with E-state index in [9.17, 15) is 4.79 Å². The molecule has 0 aromatic heterocycles. The maximum absolute atomic E-state index is 11.9. The topological polar surface area (TPSA) is 41.1 Å². The molecular formula is C13H26N2O. The highest BCUT2D eigenvalue weighted by molar-refractivity contribution is 5.81. The van der Waals surface area contributed by atoms with Gasteiger partial charge in [0.05, 0.1) is 6.04 Å². The maximum atomic E-state index is 11.9. The third kappa shape index (κ3) is 4.12. The van der Waals surface area contributed by atoms with Crippen LogP contribution in [0, 0.1) is 11.8 Å². The number of amides is 1. The van der Waals surface area contributed by atoms with Crippen LogP contribution >= 0.6 is 0 Å². The smallest absolute Gasteiger partial charge is 0.237 e. The zero-order valence-corrected chi connectivity index (χ0v) is 10.9. The third-order valence-corrected chi connectivity index (χ3v) is 3.73. The molecule has 3 unspecified atom stereocenters. The molecule has 0 radical (unpaired) electrons. The van der Waals surface area contributed by atoms with Gasteiger partial charge in [0.2, 0.25) is 5.91 Å². The fraction of sp³-hybridized carbons (Fsp3) is 0.923. The Morgan fingerprint density at radius 1 is 1.50 bits per heavy atom. The Labute approximate surface area is 99.4 Å². The highest BCUT2D eigenvalue weighted by atomic mass is 16.2. The first-order chi connectivity index (χ1) is 7.67. The summed E-state index contributed by atoms with van der Waals surface area (Å²) >= 11 is 0. The van der Waals surface area contributed by atoms with E-state index in [-0.39, 0.29) is 11.9 Å². The number of nitrogens with one attached hydrogen (secondary N) is 2. The molecule has 1 heterocycles. The van der Waals surface area contributed by atoms with Gasteiger partial charge in [-0.3, -0.25) is 4.79 Å². The van der Waals surface area contributed by atoms with E-state index in [1.165, 1.54) is 12.8 Å². The van der Waals surface area contributed by atoms with Crippen molar-refractivity contribution in [3.8, 4) is 0 Å². The molecule has 0 saturated carbocycles. The van der Waals surface area contributed by atoms with Gasteiger partial charge in [-0.25, -0.2) is 0 Å². The highest BCUT2D eigenvalue weighted by Gasteiger charge is 2.25. The van der Waals surface area contributed by atoms with Crippen molar-refractivity contribution >= 4 is 5.91 Å². The number of hydrogen-bond acceptors (Lipinski definition) is 2. The standard InChI is InChI=1S/C13H26N2O/c1-4-10(3)9-15-13(16)12-8-11(5-2)6-7-14-12/h10-12,14H,4-9H2,1-3H3,(H,15,16). The molecular weight excluding hydrogens is 200 g/mol. The van der Waals surface area contributed by atoms with Gasteiger partial charge >= 0.3 is 0 Å². The average Bonchev–Trinajstić information content (AvgIpc) is 2.35. The largest absolute Gasteiger partial charge is 0.354 e. The van der Waals surface area contributed by atoms with Crippen LogP contribution < -0.4 is 10.6 Å². The summed E-state index contributed by atoms with van der Waals surface area (Å²) in [7, 11) is 0. The molecule has 16 heavy (non-hydrogen) atoms. The second-order valence-corrected chi connectivity index (χ2v) is 5.06. The Hall–Kier alpha value is -0.570. The number of hydrogen-bond donors (Lipinski definition) is 2. The van der Waals surface area contributed by atoms with E-state index in [0.717, 1.165) is 31.8 Å². The molecule has 2 N–H and O–H groups in total. The van der Waals surface area contributed by atoms with Gasteiger partial charge in [0, 0.05) is 6.54 Å². The van der Waals surface area contributed by atoms with Crippen molar-refractivity contribution in [1.29, 1.82) is 0 Å². The third-order valence-electron chi connectivity index (χ3n) is 3.73. The van der Waals surface area contributed by atoms with Crippen molar-refractivity contribution in [3.63, 3.8) is 0 Å². The molecule has 1 saturated heterocycles. The summed E-state index contributed by atoms with van der Waals surface area (Å²) in [4.78, 5) is 11.9. The van der Waals surface area contributed by atoms with Crippen molar-refractivity contribution in [2.75, 3.05) is 13.1 Å². The lowest BCUT2D eigenvalue weighted by Crippen LogP contribution is -2.49. The van der Waals surface area contributed by atoms with Crippen molar-refractivity contribution in [2.24, 2.45) is 11.8 Å². The maximum Gasteiger partial charge on any atom is 0.237 e. The molecule has 0 aliphatic carbocycles. The van der Waals surface area contributed by atoms with Crippen LogP contribution in [0.1, 0.15) is 46.5 Å². The molecule has 0 aromatic carbocycles. The fourth-order valence-electron chi connectivity index (χ4n) is 2.11. The first kappa shape index (κ1) is 13.5. The molecule has 0 aromatic rings. The van der Waals surface area contributed by atoms with E-state index in [4.69, 9.17) is 0 Å². The Morgan fingerprint density at radius 3 is 2.88 bits per heavy atom. The SMILES string of the molecule is CCC(C)CNC(=O)C1CC(CC)CCN1. The van der Waals surface area contributed by atoms with Crippen LogP contribution in [0.15, 0.2) is 0 Å². The van der Waals surface area contributed by atoms with Crippen LogP contribution in [-0.2, 0) is 4.79 Å². The molecule has 3 atom stereocenters. The van der Waals surface area contributed by atoms with Crippen LogP contribution in [0.5, 0.6) is 0 Å². The van der Waals surface area contributed by atoms with E-state index in [1.807, 2.05) is 0 Å². The molecule has 0 bridgehead atoms. The summed E-state index contributed by atoms with van der Waals surface area (Å²) in [6, 6.07) is 0.0442. The lowest BCUT2D eigenvalue weighted by atomic mass is 9.90. The second kappa shape index (κ2) is 6.89. The van der Waals surface area contributed by atoms with Crippen molar-refractivity contribution in [1.82, 2.24) is 10.6 Å². The zero-order valence-electron chi connectivity index (χ0n) is 10.9. The van der Waals surface area contributed by atoms with Gasteiger partial charge in [0.25, 0.3) is 0 Å². The van der Waals surface area contributed by atoms with Crippen LogP contribution in [0.3, 0.4) is 0 Å². The number of carbonyl (C=O) groups is 1. The predicted octanol–water partition coefficient (Wildman–Crippen LogP) is 1.93. The first-order valence-corrected chi connectivity index (χ1v) is 6.68. The second-order valence-electron chi connectivity index (χ2n) is 5.06. The molecule has 94 valence electrons. The van der Waals surface area contributed by atoms with Gasteiger partial charge in [-0.1, -0.05) is 33.6 Å². The normalized spacial score (nSPS) is 27.4. The summed E-state index contributed by atoms with van der Waals surface area (Å²) in [6.45, 7) is 8.33. The predicted molar refractivity (Wildman–Crippen MR) is 67.3 cm³/mol. The lowest BCUT2D eigenvalue weighted by Gasteiger charge is -2.29. The van der Waals surface area contributed by atoms with Crippen molar-refractivity contribution in [3.05, 3.63) is 0 Å². The van der Waals surface area contributed by atoms with E-state index in [2.05, 4.69) is 31.4 Å². The highest BCUT2D eigenvalue weighted by Crippen LogP contribution is 2.19. The summed E-state index contributed by atoms with van der Waals surface area (Å²) in [6.07, 6.45) is 4.53. The Kier molecular flexibility index (Phi) is 5.81. The summed E-state index contributed by atoms with van der Waals surface area (Å²) < 4.78 is 0. The lowest BCUT2D eigenvalue weighted by molar-refractivity contribution is -0.124. The Bertz CT molecular complexity index is 218. The summed E-state index contributed by atoms with van der Waals surface area (Å²) in [5.41, 5.74) is 0. The monoisotopic (exact) mass is 226 g/mol. The molecule has 3 nitrogen and oxygen atoms in total. The molecule has 1 amide bonds. The molecule has 1 rings (SSSR count). The van der Waals surface area contributed by atoms with Crippen molar-refractivity contribution in [2.45, 2.75) is 52.5 Å². The number of rotatable bonds is 5. The molecule has 1 aliphatic heterocycles. The minimum atomic E-state index is 0.0442. The van der Waals surface area contributed by atoms with E-state index in [1.54, 1.807) is 0 Å². The van der Waals surface area contributed by atoms with E-state index >= 15 is 0 Å². The van der Waals surface area contributed by atoms with Crippen LogP contribution in [-0.4, -0.2) is 25.0 Å². The number of carbonyl (C=O) groups excluding carboxylic acids is 1. The van der Waals surface area contributed by atoms with E-state index in [0.29, 0.717) is 5.92 Å². The zero-order chi connectivity index (χ0) is 12.0. The van der Waals surface area contributed by atoms with Gasteiger partial charge < -0.3 is 10.6 Å². The van der Waals surface area contributed by atoms with Crippen LogP contribution in [0.25, 0.3) is 0 Å². The first-order valence-electron chi connectivity index (χ1n) is 6.68. The van der Waals surface area contributed by atoms with Gasteiger partial charge in [0.1, 0.15) is 0 Å². The molecule has 1 fully saturated rings. The van der Waals surface area contributed by atoms with Gasteiger partial charge in [0.15, 0.2) is 0 Å².